The summed E-state index contributed by atoms with van der Waals surface area (Å²) in [4.78, 5) is 34.5. The SMILES string of the molecule is COc1ccccc1-n1c(C(C)N(Cc2ccco2)C(=O)CC(C)CC(C)(C)C)nc2ccccc2c1=O. The Hall–Kier alpha value is -3.87. The molecule has 0 bridgehead atoms. The monoisotopic (exact) mass is 515 g/mol. The average Bonchev–Trinajstić information content (AvgIpc) is 3.39. The van der Waals surface area contributed by atoms with E-state index in [1.807, 2.05) is 61.5 Å². The molecule has 7 heteroatoms. The highest BCUT2D eigenvalue weighted by atomic mass is 16.5. The van der Waals surface area contributed by atoms with Crippen molar-refractivity contribution in [3.8, 4) is 11.4 Å². The molecule has 0 aliphatic heterocycles. The fourth-order valence-corrected chi connectivity index (χ4v) is 5.16. The molecule has 4 aromatic rings. The van der Waals surface area contributed by atoms with Crippen LogP contribution < -0.4 is 10.3 Å². The van der Waals surface area contributed by atoms with Gasteiger partial charge in [-0.25, -0.2) is 4.98 Å². The Morgan fingerprint density at radius 1 is 1.05 bits per heavy atom. The number of para-hydroxylation sites is 3. The van der Waals surface area contributed by atoms with Crippen molar-refractivity contribution < 1.29 is 13.9 Å². The van der Waals surface area contributed by atoms with E-state index in [1.54, 1.807) is 28.9 Å². The number of hydrogen-bond donors (Lipinski definition) is 0. The Balaban J connectivity index is 1.85. The molecule has 2 aromatic carbocycles. The van der Waals surface area contributed by atoms with Crippen LogP contribution in [0.15, 0.2) is 76.1 Å². The lowest BCUT2D eigenvalue weighted by molar-refractivity contribution is -0.135. The smallest absolute Gasteiger partial charge is 0.266 e. The Morgan fingerprint density at radius 2 is 1.76 bits per heavy atom. The number of carbonyl (C=O) groups excluding carboxylic acids is 1. The van der Waals surface area contributed by atoms with Crippen molar-refractivity contribution in [2.45, 2.75) is 60.0 Å². The molecule has 2 aromatic heterocycles. The lowest BCUT2D eigenvalue weighted by Gasteiger charge is -2.32. The van der Waals surface area contributed by atoms with Gasteiger partial charge in [-0.3, -0.25) is 14.2 Å². The average molecular weight is 516 g/mol. The van der Waals surface area contributed by atoms with E-state index in [9.17, 15) is 9.59 Å². The van der Waals surface area contributed by atoms with Gasteiger partial charge in [0.05, 0.1) is 42.5 Å². The van der Waals surface area contributed by atoms with Crippen molar-refractivity contribution in [2.24, 2.45) is 11.3 Å². The predicted molar refractivity (Wildman–Crippen MR) is 149 cm³/mol. The molecule has 2 unspecified atom stereocenters. The molecule has 0 N–H and O–H groups in total. The van der Waals surface area contributed by atoms with Gasteiger partial charge in [0, 0.05) is 6.42 Å². The van der Waals surface area contributed by atoms with Gasteiger partial charge in [-0.05, 0) is 61.1 Å². The number of benzene rings is 2. The van der Waals surface area contributed by atoms with Gasteiger partial charge >= 0.3 is 0 Å². The van der Waals surface area contributed by atoms with Gasteiger partial charge in [0.15, 0.2) is 0 Å². The summed E-state index contributed by atoms with van der Waals surface area (Å²) >= 11 is 0. The molecular formula is C31H37N3O4. The summed E-state index contributed by atoms with van der Waals surface area (Å²) < 4.78 is 12.8. The number of amides is 1. The van der Waals surface area contributed by atoms with Crippen LogP contribution in [-0.4, -0.2) is 27.5 Å². The minimum absolute atomic E-state index is 0.0142. The summed E-state index contributed by atoms with van der Waals surface area (Å²) in [6, 6.07) is 17.8. The minimum Gasteiger partial charge on any atom is -0.495 e. The van der Waals surface area contributed by atoms with Gasteiger partial charge in [0.1, 0.15) is 17.3 Å². The quantitative estimate of drug-likeness (QED) is 0.253. The minimum atomic E-state index is -0.531. The summed E-state index contributed by atoms with van der Waals surface area (Å²) in [6.07, 6.45) is 2.90. The first-order valence-electron chi connectivity index (χ1n) is 13.1. The van der Waals surface area contributed by atoms with Gasteiger partial charge in [-0.15, -0.1) is 0 Å². The zero-order valence-electron chi connectivity index (χ0n) is 23.1. The van der Waals surface area contributed by atoms with Crippen molar-refractivity contribution in [1.29, 1.82) is 0 Å². The molecule has 0 radical (unpaired) electrons. The van der Waals surface area contributed by atoms with Gasteiger partial charge in [-0.1, -0.05) is 52.0 Å². The molecule has 0 saturated heterocycles. The Kier molecular flexibility index (Phi) is 8.05. The molecule has 0 aliphatic carbocycles. The van der Waals surface area contributed by atoms with Crippen LogP contribution in [-0.2, 0) is 11.3 Å². The topological polar surface area (TPSA) is 77.6 Å². The maximum atomic E-state index is 13.9. The first kappa shape index (κ1) is 27.2. The van der Waals surface area contributed by atoms with Crippen LogP contribution in [0.1, 0.15) is 65.1 Å². The highest BCUT2D eigenvalue weighted by Crippen LogP contribution is 2.31. The summed E-state index contributed by atoms with van der Waals surface area (Å²) in [6.45, 7) is 10.8. The number of hydrogen-bond acceptors (Lipinski definition) is 5. The van der Waals surface area contributed by atoms with E-state index in [0.717, 1.165) is 6.42 Å². The van der Waals surface area contributed by atoms with Gasteiger partial charge in [-0.2, -0.15) is 0 Å². The molecule has 4 rings (SSSR count). The molecule has 2 atom stereocenters. The zero-order chi connectivity index (χ0) is 27.4. The van der Waals surface area contributed by atoms with Crippen LogP contribution >= 0.6 is 0 Å². The van der Waals surface area contributed by atoms with Gasteiger partial charge in [0.2, 0.25) is 5.91 Å². The van der Waals surface area contributed by atoms with E-state index < -0.39 is 6.04 Å². The number of methoxy groups -OCH3 is 1. The molecule has 7 nitrogen and oxygen atoms in total. The largest absolute Gasteiger partial charge is 0.495 e. The Labute approximate surface area is 224 Å². The fourth-order valence-electron chi connectivity index (χ4n) is 5.16. The number of furan rings is 1. The number of nitrogens with zero attached hydrogens (tertiary/aromatic N) is 3. The standard InChI is InChI=1S/C31H37N3O4/c1-21(19-31(3,4)5)18-28(35)33(20-23-12-11-17-38-23)22(2)29-32-25-14-8-7-13-24(25)30(36)34(29)26-15-9-10-16-27(26)37-6/h7-17,21-22H,18-20H2,1-6H3. The highest BCUT2D eigenvalue weighted by Gasteiger charge is 2.30. The van der Waals surface area contributed by atoms with Crippen LogP contribution in [0.4, 0.5) is 0 Å². The first-order chi connectivity index (χ1) is 18.1. The molecule has 1 amide bonds. The fraction of sp³-hybridized carbons (Fsp3) is 0.387. The number of rotatable bonds is 9. The van der Waals surface area contributed by atoms with Gasteiger partial charge in [0.25, 0.3) is 5.56 Å². The lowest BCUT2D eigenvalue weighted by Crippen LogP contribution is -2.38. The van der Waals surface area contributed by atoms with Crippen molar-refractivity contribution in [2.75, 3.05) is 7.11 Å². The Morgan fingerprint density at radius 3 is 2.45 bits per heavy atom. The van der Waals surface area contributed by atoms with E-state index >= 15 is 0 Å². The number of ether oxygens (including phenoxy) is 1. The van der Waals surface area contributed by atoms with Gasteiger partial charge < -0.3 is 14.1 Å². The normalized spacial score (nSPS) is 13.3. The summed E-state index contributed by atoms with van der Waals surface area (Å²) in [5.74, 6) is 1.85. The maximum Gasteiger partial charge on any atom is 0.266 e. The third-order valence-electron chi connectivity index (χ3n) is 6.68. The zero-order valence-corrected chi connectivity index (χ0v) is 23.1. The van der Waals surface area contributed by atoms with E-state index in [2.05, 4.69) is 27.7 Å². The highest BCUT2D eigenvalue weighted by molar-refractivity contribution is 5.79. The van der Waals surface area contributed by atoms with Crippen molar-refractivity contribution in [3.05, 3.63) is 88.9 Å². The van der Waals surface area contributed by atoms with E-state index in [-0.39, 0.29) is 29.3 Å². The van der Waals surface area contributed by atoms with Crippen LogP contribution in [0.25, 0.3) is 16.6 Å². The van der Waals surface area contributed by atoms with E-state index in [4.69, 9.17) is 14.1 Å². The molecule has 0 fully saturated rings. The molecule has 0 spiro atoms. The molecule has 0 saturated carbocycles. The van der Waals surface area contributed by atoms with E-state index in [1.165, 1.54) is 0 Å². The maximum absolute atomic E-state index is 13.9. The van der Waals surface area contributed by atoms with Crippen molar-refractivity contribution >= 4 is 16.8 Å². The number of aromatic nitrogens is 2. The molecule has 38 heavy (non-hydrogen) atoms. The lowest BCUT2D eigenvalue weighted by atomic mass is 9.84. The molecular weight excluding hydrogens is 478 g/mol. The molecule has 200 valence electrons. The molecule has 2 heterocycles. The van der Waals surface area contributed by atoms with Crippen LogP contribution in [0.2, 0.25) is 0 Å². The van der Waals surface area contributed by atoms with Crippen LogP contribution in [0, 0.1) is 11.3 Å². The van der Waals surface area contributed by atoms with Crippen LogP contribution in [0.3, 0.4) is 0 Å². The molecule has 0 aliphatic rings. The number of fused-ring (bicyclic) bond motifs is 1. The second-order valence-electron chi connectivity index (χ2n) is 11.2. The van der Waals surface area contributed by atoms with E-state index in [0.29, 0.717) is 40.3 Å². The van der Waals surface area contributed by atoms with Crippen molar-refractivity contribution in [1.82, 2.24) is 14.5 Å². The predicted octanol–water partition coefficient (Wildman–Crippen LogP) is 6.54. The van der Waals surface area contributed by atoms with Crippen molar-refractivity contribution in [3.63, 3.8) is 0 Å². The summed E-state index contributed by atoms with van der Waals surface area (Å²) in [5, 5.41) is 0.497. The Bertz CT molecular complexity index is 1450. The first-order valence-corrected chi connectivity index (χ1v) is 13.1. The van der Waals surface area contributed by atoms with Crippen LogP contribution in [0.5, 0.6) is 5.75 Å². The summed E-state index contributed by atoms with van der Waals surface area (Å²) in [7, 11) is 1.57. The number of carbonyl (C=O) groups is 1. The third-order valence-corrected chi connectivity index (χ3v) is 6.68. The second kappa shape index (κ2) is 11.3. The second-order valence-corrected chi connectivity index (χ2v) is 11.2. The summed E-state index contributed by atoms with van der Waals surface area (Å²) in [5.41, 5.74) is 1.05. The third kappa shape index (κ3) is 5.98.